The molecular formula is C20H26N4O2. The second-order valence-electron chi connectivity index (χ2n) is 6.19. The van der Waals surface area contributed by atoms with E-state index in [1.807, 2.05) is 35.9 Å². The standard InChI is InChI=1S/C20H26N4O2/c1-5-12-23(13-6-2)20(26)16(4)21-19(25)11-14-24-18-10-8-7-9-17(18)15(3)22-24/h5-10,16H,1-2,11-14H2,3-4H3,(H,21,25). The molecule has 1 heterocycles. The topological polar surface area (TPSA) is 67.2 Å². The number of hydrogen-bond donors (Lipinski definition) is 1. The highest BCUT2D eigenvalue weighted by Gasteiger charge is 2.20. The molecule has 2 aromatic rings. The SMILES string of the molecule is C=CCN(CC=C)C(=O)C(C)NC(=O)CCn1nc(C)c2ccccc21. The van der Waals surface area contributed by atoms with Crippen LogP contribution in [-0.2, 0) is 16.1 Å². The lowest BCUT2D eigenvalue weighted by molar-refractivity contribution is -0.135. The number of benzene rings is 1. The molecule has 1 N–H and O–H groups in total. The molecule has 0 aliphatic rings. The Morgan fingerprint density at radius 2 is 1.92 bits per heavy atom. The molecule has 0 aliphatic carbocycles. The Morgan fingerprint density at radius 3 is 2.58 bits per heavy atom. The van der Waals surface area contributed by atoms with Gasteiger partial charge in [-0.25, -0.2) is 0 Å². The van der Waals surface area contributed by atoms with Gasteiger partial charge in [0.05, 0.1) is 17.8 Å². The molecule has 0 saturated carbocycles. The molecule has 0 aliphatic heterocycles. The number of amides is 2. The molecule has 6 nitrogen and oxygen atoms in total. The van der Waals surface area contributed by atoms with E-state index in [2.05, 4.69) is 23.6 Å². The van der Waals surface area contributed by atoms with Gasteiger partial charge in [-0.15, -0.1) is 13.2 Å². The highest BCUT2D eigenvalue weighted by molar-refractivity contribution is 5.87. The maximum atomic E-state index is 12.4. The molecule has 0 bridgehead atoms. The Kier molecular flexibility index (Phi) is 6.72. The quantitative estimate of drug-likeness (QED) is 0.703. The molecule has 0 spiro atoms. The Labute approximate surface area is 154 Å². The van der Waals surface area contributed by atoms with Crippen molar-refractivity contribution in [2.24, 2.45) is 0 Å². The minimum Gasteiger partial charge on any atom is -0.345 e. The second kappa shape index (κ2) is 8.99. The lowest BCUT2D eigenvalue weighted by Crippen LogP contribution is -2.47. The molecule has 26 heavy (non-hydrogen) atoms. The van der Waals surface area contributed by atoms with Gasteiger partial charge in [0.15, 0.2) is 0 Å². The summed E-state index contributed by atoms with van der Waals surface area (Å²) in [5.74, 6) is -0.334. The summed E-state index contributed by atoms with van der Waals surface area (Å²) in [7, 11) is 0. The van der Waals surface area contributed by atoms with E-state index in [0.29, 0.717) is 19.6 Å². The molecule has 1 aromatic heterocycles. The van der Waals surface area contributed by atoms with Gasteiger partial charge in [-0.3, -0.25) is 14.3 Å². The Balaban J connectivity index is 1.94. The van der Waals surface area contributed by atoms with E-state index < -0.39 is 6.04 Å². The van der Waals surface area contributed by atoms with Gasteiger partial charge < -0.3 is 10.2 Å². The third-order valence-corrected chi connectivity index (χ3v) is 4.15. The fourth-order valence-corrected chi connectivity index (χ4v) is 2.89. The number of nitrogens with zero attached hydrogens (tertiary/aromatic N) is 3. The average Bonchev–Trinajstić information content (AvgIpc) is 2.95. The number of nitrogens with one attached hydrogen (secondary N) is 1. The first-order valence-corrected chi connectivity index (χ1v) is 8.70. The van der Waals surface area contributed by atoms with Gasteiger partial charge in [0, 0.05) is 24.9 Å². The number of aromatic nitrogens is 2. The third kappa shape index (κ3) is 4.59. The first-order chi connectivity index (χ1) is 12.5. The van der Waals surface area contributed by atoms with Crippen LogP contribution in [0.1, 0.15) is 19.0 Å². The van der Waals surface area contributed by atoms with Gasteiger partial charge in [0.1, 0.15) is 6.04 Å². The summed E-state index contributed by atoms with van der Waals surface area (Å²) < 4.78 is 1.83. The first kappa shape index (κ1) is 19.4. The van der Waals surface area contributed by atoms with Crippen molar-refractivity contribution >= 4 is 22.7 Å². The minimum absolute atomic E-state index is 0.154. The molecule has 2 rings (SSSR count). The van der Waals surface area contributed by atoms with Gasteiger partial charge in [0.25, 0.3) is 0 Å². The van der Waals surface area contributed by atoms with E-state index >= 15 is 0 Å². The van der Waals surface area contributed by atoms with Crippen molar-refractivity contribution in [1.82, 2.24) is 20.0 Å². The number of carbonyl (C=O) groups excluding carboxylic acids is 2. The zero-order valence-corrected chi connectivity index (χ0v) is 15.4. The van der Waals surface area contributed by atoms with E-state index in [1.54, 1.807) is 24.0 Å². The Bertz CT molecular complexity index is 799. The molecular weight excluding hydrogens is 328 g/mol. The monoisotopic (exact) mass is 354 g/mol. The molecule has 0 saturated heterocycles. The summed E-state index contributed by atoms with van der Waals surface area (Å²) >= 11 is 0. The molecule has 0 radical (unpaired) electrons. The van der Waals surface area contributed by atoms with Crippen LogP contribution in [0.25, 0.3) is 10.9 Å². The number of hydrogen-bond acceptors (Lipinski definition) is 3. The van der Waals surface area contributed by atoms with Crippen molar-refractivity contribution in [1.29, 1.82) is 0 Å². The zero-order valence-electron chi connectivity index (χ0n) is 15.4. The summed E-state index contributed by atoms with van der Waals surface area (Å²) in [6.07, 6.45) is 3.56. The summed E-state index contributed by atoms with van der Waals surface area (Å²) in [6, 6.07) is 7.33. The molecule has 1 aromatic carbocycles. The molecule has 1 unspecified atom stereocenters. The Morgan fingerprint density at radius 1 is 1.27 bits per heavy atom. The number of fused-ring (bicyclic) bond motifs is 1. The Hall–Kier alpha value is -2.89. The van der Waals surface area contributed by atoms with Gasteiger partial charge in [-0.05, 0) is 19.9 Å². The summed E-state index contributed by atoms with van der Waals surface area (Å²) in [6.45, 7) is 12.2. The minimum atomic E-state index is -0.599. The number of para-hydroxylation sites is 1. The van der Waals surface area contributed by atoms with E-state index in [9.17, 15) is 9.59 Å². The van der Waals surface area contributed by atoms with Crippen LogP contribution in [0.2, 0.25) is 0 Å². The molecule has 6 heteroatoms. The largest absolute Gasteiger partial charge is 0.345 e. The van der Waals surface area contributed by atoms with Crippen molar-refractivity contribution in [3.05, 3.63) is 55.3 Å². The molecule has 2 amide bonds. The third-order valence-electron chi connectivity index (χ3n) is 4.15. The van der Waals surface area contributed by atoms with Crippen molar-refractivity contribution in [2.75, 3.05) is 13.1 Å². The maximum absolute atomic E-state index is 12.4. The van der Waals surface area contributed by atoms with E-state index in [4.69, 9.17) is 0 Å². The lowest BCUT2D eigenvalue weighted by Gasteiger charge is -2.23. The fraction of sp³-hybridized carbons (Fsp3) is 0.350. The zero-order chi connectivity index (χ0) is 19.1. The van der Waals surface area contributed by atoms with Gasteiger partial charge in [-0.2, -0.15) is 5.10 Å². The van der Waals surface area contributed by atoms with Crippen LogP contribution in [0.5, 0.6) is 0 Å². The van der Waals surface area contributed by atoms with Crippen LogP contribution in [-0.4, -0.2) is 45.6 Å². The van der Waals surface area contributed by atoms with Crippen LogP contribution >= 0.6 is 0 Å². The summed E-state index contributed by atoms with van der Waals surface area (Å²) in [5.41, 5.74) is 1.94. The van der Waals surface area contributed by atoms with Crippen LogP contribution in [0.3, 0.4) is 0 Å². The van der Waals surface area contributed by atoms with Crippen LogP contribution in [0.15, 0.2) is 49.6 Å². The molecule has 138 valence electrons. The average molecular weight is 354 g/mol. The van der Waals surface area contributed by atoms with Crippen molar-refractivity contribution in [2.45, 2.75) is 32.9 Å². The van der Waals surface area contributed by atoms with Crippen molar-refractivity contribution in [3.8, 4) is 0 Å². The number of rotatable bonds is 9. The number of aryl methyl sites for hydroxylation is 2. The summed E-state index contributed by atoms with van der Waals surface area (Å²) in [4.78, 5) is 26.3. The van der Waals surface area contributed by atoms with Gasteiger partial charge >= 0.3 is 0 Å². The van der Waals surface area contributed by atoms with Crippen LogP contribution < -0.4 is 5.32 Å². The predicted molar refractivity (Wildman–Crippen MR) is 104 cm³/mol. The van der Waals surface area contributed by atoms with E-state index in [0.717, 1.165) is 16.6 Å². The first-order valence-electron chi connectivity index (χ1n) is 8.70. The molecule has 1 atom stereocenters. The highest BCUT2D eigenvalue weighted by atomic mass is 16.2. The van der Waals surface area contributed by atoms with Crippen molar-refractivity contribution in [3.63, 3.8) is 0 Å². The fourth-order valence-electron chi connectivity index (χ4n) is 2.89. The highest BCUT2D eigenvalue weighted by Crippen LogP contribution is 2.17. The lowest BCUT2D eigenvalue weighted by atomic mass is 10.2. The smallest absolute Gasteiger partial charge is 0.245 e. The second-order valence-corrected chi connectivity index (χ2v) is 6.19. The maximum Gasteiger partial charge on any atom is 0.245 e. The van der Waals surface area contributed by atoms with Gasteiger partial charge in [0.2, 0.25) is 11.8 Å². The summed E-state index contributed by atoms with van der Waals surface area (Å²) in [5, 5.41) is 8.34. The van der Waals surface area contributed by atoms with Crippen molar-refractivity contribution < 1.29 is 9.59 Å². The van der Waals surface area contributed by atoms with Gasteiger partial charge in [-0.1, -0.05) is 30.4 Å². The van der Waals surface area contributed by atoms with E-state index in [1.165, 1.54) is 0 Å². The predicted octanol–water partition coefficient (Wildman–Crippen LogP) is 2.44. The van der Waals surface area contributed by atoms with E-state index in [-0.39, 0.29) is 18.2 Å². The van der Waals surface area contributed by atoms with Crippen LogP contribution in [0, 0.1) is 6.92 Å². The molecule has 0 fully saturated rings. The van der Waals surface area contributed by atoms with Crippen LogP contribution in [0.4, 0.5) is 0 Å². The number of carbonyl (C=O) groups is 2. The normalized spacial score (nSPS) is 11.8.